The van der Waals surface area contributed by atoms with Crippen LogP contribution < -0.4 is 5.56 Å². The molecular formula is C19H17BrN2O5S2. The summed E-state index contributed by atoms with van der Waals surface area (Å²) in [6.07, 6.45) is 0. The Kier molecular flexibility index (Phi) is 6.76. The molecule has 3 rings (SSSR count). The second-order valence-electron chi connectivity index (χ2n) is 6.00. The maximum absolute atomic E-state index is 12.8. The van der Waals surface area contributed by atoms with Gasteiger partial charge in [0.25, 0.3) is 5.56 Å². The first-order valence-electron chi connectivity index (χ1n) is 8.49. The minimum absolute atomic E-state index is 0.139. The molecule has 0 fully saturated rings. The minimum Gasteiger partial charge on any atom is -0.468 e. The zero-order valence-corrected chi connectivity index (χ0v) is 18.6. The van der Waals surface area contributed by atoms with Gasteiger partial charge in [-0.2, -0.15) is 0 Å². The molecule has 0 aliphatic rings. The van der Waals surface area contributed by atoms with Crippen molar-refractivity contribution in [2.75, 3.05) is 18.6 Å². The first kappa shape index (κ1) is 21.5. The van der Waals surface area contributed by atoms with E-state index in [9.17, 15) is 18.0 Å². The van der Waals surface area contributed by atoms with Gasteiger partial charge < -0.3 is 4.74 Å². The fourth-order valence-electron chi connectivity index (χ4n) is 2.59. The van der Waals surface area contributed by atoms with Crippen molar-refractivity contribution in [3.05, 3.63) is 63.4 Å². The second kappa shape index (κ2) is 9.10. The highest BCUT2D eigenvalue weighted by atomic mass is 79.9. The topological polar surface area (TPSA) is 95.3 Å². The first-order chi connectivity index (χ1) is 13.8. The van der Waals surface area contributed by atoms with E-state index < -0.39 is 15.8 Å². The molecule has 2 aromatic carbocycles. The zero-order valence-electron chi connectivity index (χ0n) is 15.4. The average molecular weight is 497 g/mol. The molecule has 0 radical (unpaired) electrons. The number of nitrogens with zero attached hydrogens (tertiary/aromatic N) is 2. The molecule has 3 aromatic rings. The van der Waals surface area contributed by atoms with Crippen molar-refractivity contribution in [3.63, 3.8) is 0 Å². The maximum atomic E-state index is 12.8. The third-order valence-electron chi connectivity index (χ3n) is 4.10. The van der Waals surface area contributed by atoms with E-state index in [-0.39, 0.29) is 33.7 Å². The van der Waals surface area contributed by atoms with Gasteiger partial charge in [-0.25, -0.2) is 13.4 Å². The summed E-state index contributed by atoms with van der Waals surface area (Å²) < 4.78 is 31.7. The Balaban J connectivity index is 1.87. The standard InChI is InChI=1S/C19H17BrN2O5S2/c1-27-17(23)12-22-18(24)15-4-2-3-5-16(15)21-19(22)28-10-11-29(25,26)14-8-6-13(20)7-9-14/h2-9H,10-12H2,1H3. The lowest BCUT2D eigenvalue weighted by atomic mass is 10.2. The highest BCUT2D eigenvalue weighted by molar-refractivity contribution is 9.10. The third kappa shape index (κ3) is 5.06. The fourth-order valence-corrected chi connectivity index (χ4v) is 5.50. The number of thioether (sulfide) groups is 1. The Bertz CT molecular complexity index is 1210. The Hall–Kier alpha value is -2.17. The summed E-state index contributed by atoms with van der Waals surface area (Å²) >= 11 is 4.39. The minimum atomic E-state index is -3.49. The highest BCUT2D eigenvalue weighted by Gasteiger charge is 2.18. The van der Waals surface area contributed by atoms with Gasteiger partial charge in [0.2, 0.25) is 0 Å². The van der Waals surface area contributed by atoms with Crippen LogP contribution in [0.15, 0.2) is 67.9 Å². The number of rotatable bonds is 7. The lowest BCUT2D eigenvalue weighted by molar-refractivity contribution is -0.141. The average Bonchev–Trinajstić information content (AvgIpc) is 2.70. The Morgan fingerprint density at radius 1 is 1.17 bits per heavy atom. The van der Waals surface area contributed by atoms with E-state index in [1.807, 2.05) is 0 Å². The van der Waals surface area contributed by atoms with Gasteiger partial charge in [0, 0.05) is 10.2 Å². The number of methoxy groups -OCH3 is 1. The van der Waals surface area contributed by atoms with Gasteiger partial charge in [-0.1, -0.05) is 39.8 Å². The third-order valence-corrected chi connectivity index (χ3v) is 7.59. The molecule has 0 bridgehead atoms. The SMILES string of the molecule is COC(=O)Cn1c(SCCS(=O)(=O)c2ccc(Br)cc2)nc2ccccc2c1=O. The van der Waals surface area contributed by atoms with Crippen LogP contribution in [0.4, 0.5) is 0 Å². The predicted molar refractivity (Wildman–Crippen MR) is 115 cm³/mol. The van der Waals surface area contributed by atoms with Crippen LogP contribution in [0.5, 0.6) is 0 Å². The molecule has 1 heterocycles. The van der Waals surface area contributed by atoms with E-state index in [1.165, 1.54) is 23.8 Å². The van der Waals surface area contributed by atoms with Gasteiger partial charge in [0.15, 0.2) is 15.0 Å². The van der Waals surface area contributed by atoms with Crippen molar-refractivity contribution in [3.8, 4) is 0 Å². The van der Waals surface area contributed by atoms with Crippen molar-refractivity contribution in [1.29, 1.82) is 0 Å². The number of fused-ring (bicyclic) bond motifs is 1. The van der Waals surface area contributed by atoms with Crippen molar-refractivity contribution in [2.45, 2.75) is 16.6 Å². The van der Waals surface area contributed by atoms with Crippen LogP contribution >= 0.6 is 27.7 Å². The molecule has 0 N–H and O–H groups in total. The van der Waals surface area contributed by atoms with Crippen molar-refractivity contribution >= 4 is 54.4 Å². The van der Waals surface area contributed by atoms with Gasteiger partial charge in [0.05, 0.1) is 28.7 Å². The van der Waals surface area contributed by atoms with Crippen molar-refractivity contribution in [2.24, 2.45) is 0 Å². The molecule has 29 heavy (non-hydrogen) atoms. The monoisotopic (exact) mass is 496 g/mol. The normalized spacial score (nSPS) is 11.5. The van der Waals surface area contributed by atoms with Gasteiger partial charge >= 0.3 is 5.97 Å². The number of aromatic nitrogens is 2. The quantitative estimate of drug-likeness (QED) is 0.282. The lowest BCUT2D eigenvalue weighted by Crippen LogP contribution is -2.27. The molecule has 10 heteroatoms. The molecule has 0 saturated carbocycles. The molecule has 0 saturated heterocycles. The second-order valence-corrected chi connectivity index (χ2v) is 10.1. The summed E-state index contributed by atoms with van der Waals surface area (Å²) in [5, 5.41) is 0.647. The van der Waals surface area contributed by atoms with Crippen LogP contribution in [-0.2, 0) is 25.9 Å². The number of esters is 1. The number of hydrogen-bond acceptors (Lipinski definition) is 7. The number of carbonyl (C=O) groups is 1. The molecule has 0 aliphatic heterocycles. The molecule has 1 aromatic heterocycles. The zero-order chi connectivity index (χ0) is 21.0. The van der Waals surface area contributed by atoms with E-state index in [4.69, 9.17) is 0 Å². The summed E-state index contributed by atoms with van der Waals surface area (Å²) in [6.45, 7) is -0.297. The summed E-state index contributed by atoms with van der Waals surface area (Å²) in [4.78, 5) is 29.2. The van der Waals surface area contributed by atoms with Crippen LogP contribution in [-0.4, -0.2) is 42.6 Å². The number of halogens is 1. The number of ether oxygens (including phenoxy) is 1. The molecule has 0 spiro atoms. The molecule has 7 nitrogen and oxygen atoms in total. The van der Waals surface area contributed by atoms with Crippen LogP contribution in [0.25, 0.3) is 10.9 Å². The number of sulfone groups is 1. The Morgan fingerprint density at radius 2 is 1.86 bits per heavy atom. The fraction of sp³-hybridized carbons (Fsp3) is 0.211. The smallest absolute Gasteiger partial charge is 0.325 e. The first-order valence-corrected chi connectivity index (χ1v) is 11.9. The van der Waals surface area contributed by atoms with Gasteiger partial charge in [0.1, 0.15) is 6.54 Å². The number of carbonyl (C=O) groups excluding carboxylic acids is 1. The highest BCUT2D eigenvalue weighted by Crippen LogP contribution is 2.21. The van der Waals surface area contributed by atoms with Crippen LogP contribution in [0, 0.1) is 0 Å². The van der Waals surface area contributed by atoms with E-state index >= 15 is 0 Å². The van der Waals surface area contributed by atoms with Crippen molar-refractivity contribution < 1.29 is 17.9 Å². The van der Waals surface area contributed by atoms with Gasteiger partial charge in [-0.3, -0.25) is 14.2 Å². The molecular weight excluding hydrogens is 480 g/mol. The Labute approximate surface area is 180 Å². The molecule has 152 valence electrons. The van der Waals surface area contributed by atoms with Gasteiger partial charge in [-0.05, 0) is 36.4 Å². The molecule has 0 unspecified atom stereocenters. The number of para-hydroxylation sites is 1. The van der Waals surface area contributed by atoms with Gasteiger partial charge in [-0.15, -0.1) is 0 Å². The lowest BCUT2D eigenvalue weighted by Gasteiger charge is -2.12. The maximum Gasteiger partial charge on any atom is 0.325 e. The molecule has 0 aliphatic carbocycles. The Morgan fingerprint density at radius 3 is 2.55 bits per heavy atom. The number of hydrogen-bond donors (Lipinski definition) is 0. The molecule has 0 amide bonds. The summed E-state index contributed by atoms with van der Waals surface area (Å²) in [5.41, 5.74) is 0.108. The number of benzene rings is 2. The van der Waals surface area contributed by atoms with Crippen molar-refractivity contribution in [1.82, 2.24) is 9.55 Å². The van der Waals surface area contributed by atoms with Crippen LogP contribution in [0.3, 0.4) is 0 Å². The summed E-state index contributed by atoms with van der Waals surface area (Å²) in [7, 11) is -2.25. The van der Waals surface area contributed by atoms with E-state index in [0.29, 0.717) is 10.9 Å². The van der Waals surface area contributed by atoms with E-state index in [1.54, 1.807) is 36.4 Å². The predicted octanol–water partition coefficient (Wildman–Crippen LogP) is 2.90. The van der Waals surface area contributed by atoms with Crippen LogP contribution in [0.2, 0.25) is 0 Å². The van der Waals surface area contributed by atoms with E-state index in [0.717, 1.165) is 16.2 Å². The van der Waals surface area contributed by atoms with E-state index in [2.05, 4.69) is 25.7 Å². The summed E-state index contributed by atoms with van der Waals surface area (Å²) in [5.74, 6) is -0.557. The molecule has 0 atom stereocenters. The summed E-state index contributed by atoms with van der Waals surface area (Å²) in [6, 6.07) is 13.2. The van der Waals surface area contributed by atoms with Crippen LogP contribution in [0.1, 0.15) is 0 Å². The largest absolute Gasteiger partial charge is 0.468 e.